The molecule has 0 saturated carbocycles. The number of benzene rings is 1. The maximum atomic E-state index is 13.1. The summed E-state index contributed by atoms with van der Waals surface area (Å²) < 4.78 is 1.64. The molecule has 1 aliphatic heterocycles. The molecule has 1 aromatic carbocycles. The SMILES string of the molecule is CCCc1cn([C@H](C(=O)N2CCNCC2)c2ccc(O)cc2)nn1. The largest absolute Gasteiger partial charge is 0.508 e. The van der Waals surface area contributed by atoms with Crippen LogP contribution in [-0.4, -0.2) is 57.1 Å². The Morgan fingerprint density at radius 2 is 2.00 bits per heavy atom. The number of nitrogens with zero attached hydrogens (tertiary/aromatic N) is 4. The van der Waals surface area contributed by atoms with Crippen LogP contribution in [0.4, 0.5) is 0 Å². The highest BCUT2D eigenvalue weighted by molar-refractivity contribution is 5.83. The van der Waals surface area contributed by atoms with Gasteiger partial charge < -0.3 is 15.3 Å². The molecular formula is C17H23N5O2. The van der Waals surface area contributed by atoms with Crippen molar-refractivity contribution in [2.75, 3.05) is 26.2 Å². The highest BCUT2D eigenvalue weighted by atomic mass is 16.3. The summed E-state index contributed by atoms with van der Waals surface area (Å²) in [6, 6.07) is 6.17. The van der Waals surface area contributed by atoms with Crippen LogP contribution < -0.4 is 5.32 Å². The second-order valence-electron chi connectivity index (χ2n) is 6.01. The molecule has 24 heavy (non-hydrogen) atoms. The fourth-order valence-corrected chi connectivity index (χ4v) is 2.93. The van der Waals surface area contributed by atoms with Gasteiger partial charge in [-0.25, -0.2) is 4.68 Å². The molecule has 7 nitrogen and oxygen atoms in total. The zero-order valence-corrected chi connectivity index (χ0v) is 13.9. The van der Waals surface area contributed by atoms with Crippen LogP contribution in [0.15, 0.2) is 30.5 Å². The first kappa shape index (κ1) is 16.4. The molecular weight excluding hydrogens is 306 g/mol. The van der Waals surface area contributed by atoms with Crippen molar-refractivity contribution in [1.82, 2.24) is 25.2 Å². The van der Waals surface area contributed by atoms with Crippen LogP contribution in [0.3, 0.4) is 0 Å². The van der Waals surface area contributed by atoms with E-state index in [0.717, 1.165) is 37.2 Å². The first-order valence-electron chi connectivity index (χ1n) is 8.38. The predicted molar refractivity (Wildman–Crippen MR) is 89.7 cm³/mol. The molecule has 1 fully saturated rings. The fraction of sp³-hybridized carbons (Fsp3) is 0.471. The van der Waals surface area contributed by atoms with E-state index in [1.807, 2.05) is 11.1 Å². The number of carbonyl (C=O) groups is 1. The highest BCUT2D eigenvalue weighted by Crippen LogP contribution is 2.23. The normalized spacial score (nSPS) is 16.1. The van der Waals surface area contributed by atoms with Crippen LogP contribution in [0.25, 0.3) is 0 Å². The summed E-state index contributed by atoms with van der Waals surface area (Å²) in [6.45, 7) is 5.05. The Bertz CT molecular complexity index is 677. The molecule has 2 heterocycles. The zero-order chi connectivity index (χ0) is 16.9. The summed E-state index contributed by atoms with van der Waals surface area (Å²) in [5.74, 6) is 0.188. The molecule has 0 unspecified atom stereocenters. The Labute approximate surface area is 141 Å². The number of hydrogen-bond donors (Lipinski definition) is 2. The molecule has 1 aromatic heterocycles. The minimum absolute atomic E-state index is 0.00939. The summed E-state index contributed by atoms with van der Waals surface area (Å²) in [6.07, 6.45) is 3.67. The van der Waals surface area contributed by atoms with E-state index in [1.165, 1.54) is 0 Å². The molecule has 2 N–H and O–H groups in total. The third kappa shape index (κ3) is 3.56. The number of phenolic OH excluding ortho intramolecular Hbond substituents is 1. The van der Waals surface area contributed by atoms with Crippen LogP contribution in [0.2, 0.25) is 0 Å². The number of carbonyl (C=O) groups excluding carboxylic acids is 1. The van der Waals surface area contributed by atoms with Crippen LogP contribution in [0.1, 0.15) is 30.6 Å². The average Bonchev–Trinajstić information content (AvgIpc) is 3.06. The van der Waals surface area contributed by atoms with Crippen LogP contribution in [-0.2, 0) is 11.2 Å². The van der Waals surface area contributed by atoms with E-state index < -0.39 is 6.04 Å². The number of rotatable bonds is 5. The number of phenols is 1. The Balaban J connectivity index is 1.92. The number of hydrogen-bond acceptors (Lipinski definition) is 5. The van der Waals surface area contributed by atoms with Crippen molar-refractivity contribution in [1.29, 1.82) is 0 Å². The Kier molecular flexibility index (Phi) is 5.10. The summed E-state index contributed by atoms with van der Waals surface area (Å²) in [7, 11) is 0. The van der Waals surface area contributed by atoms with Gasteiger partial charge in [0.25, 0.3) is 5.91 Å². The summed E-state index contributed by atoms with van der Waals surface area (Å²) >= 11 is 0. The topological polar surface area (TPSA) is 83.3 Å². The van der Waals surface area contributed by atoms with Gasteiger partial charge >= 0.3 is 0 Å². The lowest BCUT2D eigenvalue weighted by Crippen LogP contribution is -2.49. The fourth-order valence-electron chi connectivity index (χ4n) is 2.93. The molecule has 1 aliphatic rings. The summed E-state index contributed by atoms with van der Waals surface area (Å²) in [5.41, 5.74) is 1.68. The van der Waals surface area contributed by atoms with Crippen molar-refractivity contribution in [2.45, 2.75) is 25.8 Å². The first-order chi connectivity index (χ1) is 11.7. The van der Waals surface area contributed by atoms with E-state index >= 15 is 0 Å². The third-order valence-corrected chi connectivity index (χ3v) is 4.20. The molecule has 0 bridgehead atoms. The van der Waals surface area contributed by atoms with Crippen molar-refractivity contribution < 1.29 is 9.90 Å². The molecule has 2 aromatic rings. The van der Waals surface area contributed by atoms with E-state index in [4.69, 9.17) is 0 Å². The summed E-state index contributed by atoms with van der Waals surface area (Å²) in [4.78, 5) is 15.0. The van der Waals surface area contributed by atoms with Gasteiger partial charge in [-0.05, 0) is 24.1 Å². The highest BCUT2D eigenvalue weighted by Gasteiger charge is 2.29. The van der Waals surface area contributed by atoms with Gasteiger partial charge in [0.2, 0.25) is 0 Å². The molecule has 0 radical (unpaired) electrons. The third-order valence-electron chi connectivity index (χ3n) is 4.20. The number of nitrogens with one attached hydrogen (secondary N) is 1. The zero-order valence-electron chi connectivity index (χ0n) is 13.9. The Morgan fingerprint density at radius 1 is 1.29 bits per heavy atom. The van der Waals surface area contributed by atoms with Crippen molar-refractivity contribution in [2.24, 2.45) is 0 Å². The number of piperazine rings is 1. The minimum atomic E-state index is -0.554. The van der Waals surface area contributed by atoms with Gasteiger partial charge in [0, 0.05) is 32.4 Å². The quantitative estimate of drug-likeness (QED) is 0.854. The van der Waals surface area contributed by atoms with E-state index in [9.17, 15) is 9.90 Å². The second-order valence-corrected chi connectivity index (χ2v) is 6.01. The van der Waals surface area contributed by atoms with E-state index in [-0.39, 0.29) is 11.7 Å². The van der Waals surface area contributed by atoms with Gasteiger partial charge in [0.15, 0.2) is 6.04 Å². The maximum absolute atomic E-state index is 13.1. The monoisotopic (exact) mass is 329 g/mol. The molecule has 7 heteroatoms. The van der Waals surface area contributed by atoms with Crippen LogP contribution >= 0.6 is 0 Å². The van der Waals surface area contributed by atoms with Gasteiger partial charge in [0.1, 0.15) is 5.75 Å². The molecule has 0 spiro atoms. The van der Waals surface area contributed by atoms with E-state index in [1.54, 1.807) is 28.9 Å². The number of amides is 1. The first-order valence-corrected chi connectivity index (χ1v) is 8.38. The van der Waals surface area contributed by atoms with Crippen molar-refractivity contribution in [3.63, 3.8) is 0 Å². The van der Waals surface area contributed by atoms with Gasteiger partial charge in [-0.2, -0.15) is 0 Å². The van der Waals surface area contributed by atoms with Crippen molar-refractivity contribution in [3.05, 3.63) is 41.7 Å². The van der Waals surface area contributed by atoms with E-state index in [2.05, 4.69) is 22.6 Å². The van der Waals surface area contributed by atoms with Gasteiger partial charge in [0.05, 0.1) is 5.69 Å². The average molecular weight is 329 g/mol. The molecule has 1 saturated heterocycles. The Morgan fingerprint density at radius 3 is 2.67 bits per heavy atom. The Hall–Kier alpha value is -2.41. The smallest absolute Gasteiger partial charge is 0.252 e. The van der Waals surface area contributed by atoms with Gasteiger partial charge in [-0.15, -0.1) is 5.10 Å². The summed E-state index contributed by atoms with van der Waals surface area (Å²) in [5, 5.41) is 21.2. The molecule has 0 aliphatic carbocycles. The van der Waals surface area contributed by atoms with Gasteiger partial charge in [-0.1, -0.05) is 30.7 Å². The lowest BCUT2D eigenvalue weighted by atomic mass is 10.0. The minimum Gasteiger partial charge on any atom is -0.508 e. The lowest BCUT2D eigenvalue weighted by molar-refractivity contribution is -0.134. The number of aryl methyl sites for hydroxylation is 1. The maximum Gasteiger partial charge on any atom is 0.252 e. The van der Waals surface area contributed by atoms with Crippen molar-refractivity contribution in [3.8, 4) is 5.75 Å². The molecule has 1 atom stereocenters. The number of aromatic nitrogens is 3. The molecule has 3 rings (SSSR count). The standard InChI is InChI=1S/C17H23N5O2/c1-2-3-14-12-22(20-19-14)16(13-4-6-15(23)7-5-13)17(24)21-10-8-18-9-11-21/h4-7,12,16,18,23H,2-3,8-11H2,1H3/t16-/m0/s1. The van der Waals surface area contributed by atoms with E-state index in [0.29, 0.717) is 13.1 Å². The van der Waals surface area contributed by atoms with Gasteiger partial charge in [-0.3, -0.25) is 4.79 Å². The molecule has 1 amide bonds. The second kappa shape index (κ2) is 7.44. The van der Waals surface area contributed by atoms with Crippen LogP contribution in [0, 0.1) is 0 Å². The lowest BCUT2D eigenvalue weighted by Gasteiger charge is -2.31. The van der Waals surface area contributed by atoms with Crippen LogP contribution in [0.5, 0.6) is 5.75 Å². The predicted octanol–water partition coefficient (Wildman–Crippen LogP) is 0.957. The number of aromatic hydroxyl groups is 1. The van der Waals surface area contributed by atoms with Crippen molar-refractivity contribution >= 4 is 5.91 Å². The molecule has 128 valence electrons.